The number of nitrogens with two attached hydrogens (primary N) is 1. The lowest BCUT2D eigenvalue weighted by molar-refractivity contribution is 0.556. The summed E-state index contributed by atoms with van der Waals surface area (Å²) >= 11 is 3.48. The van der Waals surface area contributed by atoms with E-state index < -0.39 is 0 Å². The second-order valence-electron chi connectivity index (χ2n) is 4.38. The molecule has 1 aromatic heterocycles. The summed E-state index contributed by atoms with van der Waals surface area (Å²) in [6.45, 7) is 2.60. The molecule has 4 heteroatoms. The molecule has 1 atom stereocenters. The van der Waals surface area contributed by atoms with Crippen LogP contribution in [0.3, 0.4) is 0 Å². The Morgan fingerprint density at radius 2 is 2.00 bits per heavy atom. The third-order valence-electron chi connectivity index (χ3n) is 3.00. The van der Waals surface area contributed by atoms with E-state index in [4.69, 9.17) is 5.73 Å². The number of aromatic nitrogens is 1. The second kappa shape index (κ2) is 5.50. The Morgan fingerprint density at radius 3 is 2.61 bits per heavy atom. The molecule has 0 radical (unpaired) electrons. The van der Waals surface area contributed by atoms with Crippen molar-refractivity contribution in [3.63, 3.8) is 0 Å². The lowest BCUT2D eigenvalue weighted by Gasteiger charge is -2.31. The Labute approximate surface area is 116 Å². The molecule has 0 saturated heterocycles. The van der Waals surface area contributed by atoms with Crippen LogP contribution in [0.1, 0.15) is 12.5 Å². The molecule has 0 saturated carbocycles. The molecule has 94 valence electrons. The Kier molecular flexibility index (Phi) is 3.99. The Morgan fingerprint density at radius 1 is 1.28 bits per heavy atom. The molecule has 18 heavy (non-hydrogen) atoms. The van der Waals surface area contributed by atoms with Crippen LogP contribution in [0.2, 0.25) is 0 Å². The summed E-state index contributed by atoms with van der Waals surface area (Å²) in [6, 6.07) is 12.1. The van der Waals surface area contributed by atoms with Gasteiger partial charge in [-0.15, -0.1) is 0 Å². The zero-order chi connectivity index (χ0) is 13.0. The van der Waals surface area contributed by atoms with Gasteiger partial charge in [0.2, 0.25) is 0 Å². The van der Waals surface area contributed by atoms with Gasteiger partial charge in [-0.1, -0.05) is 30.3 Å². The number of anilines is 1. The third-order valence-corrected chi connectivity index (χ3v) is 3.63. The summed E-state index contributed by atoms with van der Waals surface area (Å²) in [7, 11) is 0. The fourth-order valence-corrected chi connectivity index (χ4v) is 2.17. The number of nitrogens with zero attached hydrogens (tertiary/aromatic N) is 1. The van der Waals surface area contributed by atoms with Crippen molar-refractivity contribution in [1.29, 1.82) is 0 Å². The molecule has 0 aliphatic carbocycles. The minimum absolute atomic E-state index is 0.300. The first-order valence-corrected chi connectivity index (χ1v) is 6.58. The molecule has 1 unspecified atom stereocenters. The van der Waals surface area contributed by atoms with E-state index in [-0.39, 0.29) is 5.54 Å². The molecule has 1 aromatic carbocycles. The van der Waals surface area contributed by atoms with Gasteiger partial charge in [0.1, 0.15) is 0 Å². The zero-order valence-corrected chi connectivity index (χ0v) is 11.8. The molecule has 0 fully saturated rings. The quantitative estimate of drug-likeness (QED) is 0.912. The minimum Gasteiger partial charge on any atom is -0.374 e. The topological polar surface area (TPSA) is 50.9 Å². The second-order valence-corrected chi connectivity index (χ2v) is 5.24. The largest absolute Gasteiger partial charge is 0.374 e. The van der Waals surface area contributed by atoms with Crippen LogP contribution in [0.15, 0.2) is 53.3 Å². The van der Waals surface area contributed by atoms with Crippen molar-refractivity contribution in [2.75, 3.05) is 11.9 Å². The molecular formula is C14H16BrN3. The normalized spacial score (nSPS) is 13.9. The minimum atomic E-state index is -0.300. The Balaban J connectivity index is 2.32. The van der Waals surface area contributed by atoms with Crippen LogP contribution in [0.25, 0.3) is 0 Å². The van der Waals surface area contributed by atoms with Crippen molar-refractivity contribution in [3.8, 4) is 0 Å². The van der Waals surface area contributed by atoms with E-state index in [0.717, 1.165) is 15.7 Å². The fourth-order valence-electron chi connectivity index (χ4n) is 1.82. The van der Waals surface area contributed by atoms with Gasteiger partial charge >= 0.3 is 0 Å². The molecule has 0 amide bonds. The van der Waals surface area contributed by atoms with E-state index in [1.54, 1.807) is 12.4 Å². The predicted molar refractivity (Wildman–Crippen MR) is 78.4 cm³/mol. The number of benzene rings is 1. The molecule has 0 bridgehead atoms. The first kappa shape index (κ1) is 13.1. The van der Waals surface area contributed by atoms with Crippen LogP contribution in [-0.2, 0) is 5.54 Å². The maximum absolute atomic E-state index is 5.94. The van der Waals surface area contributed by atoms with Gasteiger partial charge in [0, 0.05) is 18.9 Å². The molecule has 0 aliphatic rings. The van der Waals surface area contributed by atoms with Crippen LogP contribution < -0.4 is 11.1 Å². The van der Waals surface area contributed by atoms with Crippen molar-refractivity contribution in [3.05, 3.63) is 58.8 Å². The highest BCUT2D eigenvalue weighted by molar-refractivity contribution is 9.10. The summed E-state index contributed by atoms with van der Waals surface area (Å²) in [5, 5.41) is 3.48. The van der Waals surface area contributed by atoms with Crippen molar-refractivity contribution in [1.82, 2.24) is 4.98 Å². The van der Waals surface area contributed by atoms with Gasteiger partial charge in [-0.25, -0.2) is 0 Å². The van der Waals surface area contributed by atoms with Crippen LogP contribution in [-0.4, -0.2) is 11.5 Å². The van der Waals surface area contributed by atoms with Crippen LogP contribution in [0.4, 0.5) is 5.69 Å². The first-order chi connectivity index (χ1) is 8.65. The highest BCUT2D eigenvalue weighted by atomic mass is 79.9. The summed E-state index contributed by atoms with van der Waals surface area (Å²) in [4.78, 5) is 4.06. The number of nitrogens with one attached hydrogen (secondary N) is 1. The van der Waals surface area contributed by atoms with E-state index >= 15 is 0 Å². The van der Waals surface area contributed by atoms with Crippen LogP contribution >= 0.6 is 15.9 Å². The van der Waals surface area contributed by atoms with Crippen molar-refractivity contribution in [2.45, 2.75) is 12.5 Å². The average Bonchev–Trinajstić information content (AvgIpc) is 2.42. The summed E-state index contributed by atoms with van der Waals surface area (Å²) in [6.07, 6.45) is 3.53. The number of hydrogen-bond acceptors (Lipinski definition) is 3. The molecule has 2 aromatic rings. The predicted octanol–water partition coefficient (Wildman–Crippen LogP) is 3.13. The van der Waals surface area contributed by atoms with Crippen LogP contribution in [0.5, 0.6) is 0 Å². The van der Waals surface area contributed by atoms with Gasteiger partial charge < -0.3 is 11.1 Å². The Bertz CT molecular complexity index is 515. The maximum Gasteiger partial charge on any atom is 0.0719 e. The van der Waals surface area contributed by atoms with Gasteiger partial charge in [0.05, 0.1) is 15.7 Å². The molecule has 3 nitrogen and oxygen atoms in total. The van der Waals surface area contributed by atoms with Gasteiger partial charge in [0.25, 0.3) is 0 Å². The number of halogens is 1. The van der Waals surface area contributed by atoms with E-state index in [1.165, 1.54) is 0 Å². The van der Waals surface area contributed by atoms with E-state index in [0.29, 0.717) is 6.54 Å². The molecule has 1 heterocycles. The monoisotopic (exact) mass is 305 g/mol. The van der Waals surface area contributed by atoms with Gasteiger partial charge in [-0.2, -0.15) is 0 Å². The van der Waals surface area contributed by atoms with Crippen molar-refractivity contribution >= 4 is 21.6 Å². The molecule has 2 rings (SSSR count). The highest BCUT2D eigenvalue weighted by Crippen LogP contribution is 2.29. The molecule has 0 aliphatic heterocycles. The maximum atomic E-state index is 5.94. The third kappa shape index (κ3) is 2.71. The highest BCUT2D eigenvalue weighted by Gasteiger charge is 2.25. The van der Waals surface area contributed by atoms with Gasteiger partial charge in [0.15, 0.2) is 0 Å². The van der Waals surface area contributed by atoms with Crippen molar-refractivity contribution < 1.29 is 0 Å². The molecule has 3 N–H and O–H groups in total. The standard InChI is InChI=1S/C14H16BrN3/c1-14(10-16,11-5-3-2-4-6-11)18-13-7-8-17-9-12(13)15/h2-9H,10,16H2,1H3,(H,17,18). The smallest absolute Gasteiger partial charge is 0.0719 e. The number of pyridine rings is 1. The van der Waals surface area contributed by atoms with E-state index in [1.807, 2.05) is 24.3 Å². The number of hydrogen-bond donors (Lipinski definition) is 2. The summed E-state index contributed by atoms with van der Waals surface area (Å²) in [5.41, 5.74) is 7.79. The van der Waals surface area contributed by atoms with E-state index in [9.17, 15) is 0 Å². The van der Waals surface area contributed by atoms with Gasteiger partial charge in [-0.05, 0) is 34.5 Å². The van der Waals surface area contributed by atoms with Crippen molar-refractivity contribution in [2.24, 2.45) is 5.73 Å². The van der Waals surface area contributed by atoms with E-state index in [2.05, 4.69) is 45.3 Å². The van der Waals surface area contributed by atoms with Crippen LogP contribution in [0, 0.1) is 0 Å². The SMILES string of the molecule is CC(CN)(Nc1ccncc1Br)c1ccccc1. The fraction of sp³-hybridized carbons (Fsp3) is 0.214. The Hall–Kier alpha value is -1.39. The average molecular weight is 306 g/mol. The lowest BCUT2D eigenvalue weighted by atomic mass is 9.92. The first-order valence-electron chi connectivity index (χ1n) is 5.79. The summed E-state index contributed by atoms with van der Waals surface area (Å²) < 4.78 is 0.931. The zero-order valence-electron chi connectivity index (χ0n) is 10.2. The van der Waals surface area contributed by atoms with Gasteiger partial charge in [-0.3, -0.25) is 4.98 Å². The molecule has 0 spiro atoms. The lowest BCUT2D eigenvalue weighted by Crippen LogP contribution is -2.39. The molecular weight excluding hydrogens is 290 g/mol. The number of rotatable bonds is 4. The summed E-state index contributed by atoms with van der Waals surface area (Å²) in [5.74, 6) is 0.